The Morgan fingerprint density at radius 1 is 1.32 bits per heavy atom. The molecular formula is C15H27N5OS. The minimum Gasteiger partial charge on any atom is -0.356 e. The number of aliphatic imine (C=N–C) groups is 1. The summed E-state index contributed by atoms with van der Waals surface area (Å²) in [7, 11) is 1.71. The Bertz CT molecular complexity index is 496. The van der Waals surface area contributed by atoms with Crippen LogP contribution in [0.1, 0.15) is 50.7 Å². The Morgan fingerprint density at radius 2 is 2.05 bits per heavy atom. The zero-order valence-corrected chi connectivity index (χ0v) is 14.9. The number of carbonyl (C=O) groups excluding carboxylic acids is 1. The van der Waals surface area contributed by atoms with E-state index in [1.54, 1.807) is 18.4 Å². The maximum absolute atomic E-state index is 11.5. The summed E-state index contributed by atoms with van der Waals surface area (Å²) in [6, 6.07) is 0.171. The number of carbonyl (C=O) groups is 1. The first-order chi connectivity index (χ1) is 10.4. The third kappa shape index (κ3) is 6.89. The molecule has 1 aromatic rings. The van der Waals surface area contributed by atoms with Gasteiger partial charge in [0.05, 0.1) is 12.2 Å². The van der Waals surface area contributed by atoms with Gasteiger partial charge in [0.2, 0.25) is 5.91 Å². The van der Waals surface area contributed by atoms with Crippen LogP contribution >= 0.6 is 11.3 Å². The SMILES string of the molecule is CN=C(NCCC(=O)NC(C)C)NCc1nc(C(C)C)cs1. The third-order valence-electron chi connectivity index (χ3n) is 2.89. The molecule has 3 N–H and O–H groups in total. The van der Waals surface area contributed by atoms with E-state index in [9.17, 15) is 4.79 Å². The number of amides is 1. The summed E-state index contributed by atoms with van der Waals surface area (Å²) in [5.41, 5.74) is 1.12. The topological polar surface area (TPSA) is 78.4 Å². The highest BCUT2D eigenvalue weighted by Crippen LogP contribution is 2.17. The lowest BCUT2D eigenvalue weighted by Gasteiger charge is -2.12. The quantitative estimate of drug-likeness (QED) is 0.528. The average Bonchev–Trinajstić information content (AvgIpc) is 2.90. The van der Waals surface area contributed by atoms with Gasteiger partial charge in [0.25, 0.3) is 0 Å². The molecule has 0 atom stereocenters. The van der Waals surface area contributed by atoms with Crippen LogP contribution in [0.25, 0.3) is 0 Å². The van der Waals surface area contributed by atoms with E-state index in [2.05, 4.69) is 45.2 Å². The van der Waals surface area contributed by atoms with Gasteiger partial charge in [0, 0.05) is 31.4 Å². The predicted molar refractivity (Wildman–Crippen MR) is 92.3 cm³/mol. The Labute approximate surface area is 136 Å². The van der Waals surface area contributed by atoms with Gasteiger partial charge in [0.15, 0.2) is 5.96 Å². The maximum atomic E-state index is 11.5. The number of hydrogen-bond donors (Lipinski definition) is 3. The largest absolute Gasteiger partial charge is 0.356 e. The Morgan fingerprint density at radius 3 is 2.59 bits per heavy atom. The smallest absolute Gasteiger partial charge is 0.221 e. The summed E-state index contributed by atoms with van der Waals surface area (Å²) in [4.78, 5) is 20.3. The Hall–Kier alpha value is -1.63. The van der Waals surface area contributed by atoms with E-state index in [0.29, 0.717) is 31.4 Å². The molecule has 1 aromatic heterocycles. The van der Waals surface area contributed by atoms with Crippen molar-refractivity contribution in [3.63, 3.8) is 0 Å². The highest BCUT2D eigenvalue weighted by Gasteiger charge is 2.07. The van der Waals surface area contributed by atoms with Crippen molar-refractivity contribution in [3.8, 4) is 0 Å². The van der Waals surface area contributed by atoms with Crippen LogP contribution in [0.4, 0.5) is 0 Å². The second kappa shape index (κ2) is 9.40. The summed E-state index contributed by atoms with van der Waals surface area (Å²) in [6.45, 7) is 9.35. The molecule has 0 spiro atoms. The van der Waals surface area contributed by atoms with Crippen molar-refractivity contribution in [2.45, 2.75) is 52.6 Å². The van der Waals surface area contributed by atoms with Crippen molar-refractivity contribution >= 4 is 23.2 Å². The highest BCUT2D eigenvalue weighted by molar-refractivity contribution is 7.09. The zero-order chi connectivity index (χ0) is 16.5. The van der Waals surface area contributed by atoms with Gasteiger partial charge in [0.1, 0.15) is 5.01 Å². The molecule has 0 aliphatic carbocycles. The van der Waals surface area contributed by atoms with Crippen molar-refractivity contribution in [3.05, 3.63) is 16.1 Å². The second-order valence-corrected chi connectivity index (χ2v) is 6.59. The lowest BCUT2D eigenvalue weighted by molar-refractivity contribution is -0.121. The van der Waals surface area contributed by atoms with Gasteiger partial charge in [-0.2, -0.15) is 0 Å². The molecule has 0 radical (unpaired) electrons. The first-order valence-corrected chi connectivity index (χ1v) is 8.48. The lowest BCUT2D eigenvalue weighted by Crippen LogP contribution is -2.39. The van der Waals surface area contributed by atoms with Gasteiger partial charge in [-0.1, -0.05) is 13.8 Å². The first kappa shape index (κ1) is 18.4. The standard InChI is InChI=1S/C15H27N5OS/c1-10(2)12-9-22-14(20-12)8-18-15(16-5)17-7-6-13(21)19-11(3)4/h9-11H,6-8H2,1-5H3,(H,19,21)(H2,16,17,18). The molecule has 124 valence electrons. The Balaban J connectivity index is 2.31. The lowest BCUT2D eigenvalue weighted by atomic mass is 10.2. The summed E-state index contributed by atoms with van der Waals surface area (Å²) >= 11 is 1.65. The minimum atomic E-state index is 0.0412. The monoisotopic (exact) mass is 325 g/mol. The summed E-state index contributed by atoms with van der Waals surface area (Å²) in [5, 5.41) is 12.3. The fourth-order valence-corrected chi connectivity index (χ4v) is 2.64. The van der Waals surface area contributed by atoms with Crippen LogP contribution in [0.5, 0.6) is 0 Å². The molecule has 0 aromatic carbocycles. The van der Waals surface area contributed by atoms with Crippen LogP contribution in [-0.4, -0.2) is 36.5 Å². The number of thiazole rings is 1. The number of aromatic nitrogens is 1. The minimum absolute atomic E-state index is 0.0412. The van der Waals surface area contributed by atoms with Gasteiger partial charge in [-0.05, 0) is 19.8 Å². The average molecular weight is 325 g/mol. The molecule has 0 fully saturated rings. The molecule has 0 unspecified atom stereocenters. The first-order valence-electron chi connectivity index (χ1n) is 7.60. The van der Waals surface area contributed by atoms with Crippen LogP contribution in [0.3, 0.4) is 0 Å². The van der Waals surface area contributed by atoms with E-state index >= 15 is 0 Å². The fraction of sp³-hybridized carbons (Fsp3) is 0.667. The zero-order valence-electron chi connectivity index (χ0n) is 14.1. The Kier molecular flexibility index (Phi) is 7.87. The molecule has 0 bridgehead atoms. The number of rotatable bonds is 7. The van der Waals surface area contributed by atoms with Crippen molar-refractivity contribution < 1.29 is 4.79 Å². The van der Waals surface area contributed by atoms with Crippen LogP contribution in [0.2, 0.25) is 0 Å². The second-order valence-electron chi connectivity index (χ2n) is 5.65. The normalized spacial score (nSPS) is 11.9. The number of guanidine groups is 1. The third-order valence-corrected chi connectivity index (χ3v) is 3.75. The van der Waals surface area contributed by atoms with Crippen LogP contribution in [0, 0.1) is 0 Å². The van der Waals surface area contributed by atoms with Gasteiger partial charge < -0.3 is 16.0 Å². The molecular weight excluding hydrogens is 298 g/mol. The van der Waals surface area contributed by atoms with E-state index in [0.717, 1.165) is 10.7 Å². The maximum Gasteiger partial charge on any atom is 0.221 e. The van der Waals surface area contributed by atoms with Crippen molar-refractivity contribution in [2.75, 3.05) is 13.6 Å². The van der Waals surface area contributed by atoms with Crippen molar-refractivity contribution in [1.82, 2.24) is 20.9 Å². The fourth-order valence-electron chi connectivity index (χ4n) is 1.74. The van der Waals surface area contributed by atoms with Crippen LogP contribution < -0.4 is 16.0 Å². The van der Waals surface area contributed by atoms with E-state index in [1.165, 1.54) is 0 Å². The molecule has 1 heterocycles. The van der Waals surface area contributed by atoms with E-state index in [4.69, 9.17) is 0 Å². The summed E-state index contributed by atoms with van der Waals surface area (Å²) in [6.07, 6.45) is 0.424. The van der Waals surface area contributed by atoms with Gasteiger partial charge in [-0.25, -0.2) is 4.98 Å². The van der Waals surface area contributed by atoms with Gasteiger partial charge >= 0.3 is 0 Å². The van der Waals surface area contributed by atoms with Gasteiger partial charge in [-0.3, -0.25) is 9.79 Å². The van der Waals surface area contributed by atoms with Crippen molar-refractivity contribution in [2.24, 2.45) is 4.99 Å². The van der Waals surface area contributed by atoms with E-state index in [1.807, 2.05) is 13.8 Å². The molecule has 0 aliphatic heterocycles. The number of nitrogens with one attached hydrogen (secondary N) is 3. The molecule has 1 amide bonds. The summed E-state index contributed by atoms with van der Waals surface area (Å²) < 4.78 is 0. The van der Waals surface area contributed by atoms with Crippen LogP contribution in [0.15, 0.2) is 10.4 Å². The van der Waals surface area contributed by atoms with Gasteiger partial charge in [-0.15, -0.1) is 11.3 Å². The molecule has 0 saturated carbocycles. The molecule has 0 saturated heterocycles. The van der Waals surface area contributed by atoms with Crippen LogP contribution in [-0.2, 0) is 11.3 Å². The molecule has 6 nitrogen and oxygen atoms in total. The van der Waals surface area contributed by atoms with Crippen molar-refractivity contribution in [1.29, 1.82) is 0 Å². The molecule has 1 rings (SSSR count). The molecule has 7 heteroatoms. The van der Waals surface area contributed by atoms with E-state index < -0.39 is 0 Å². The molecule has 22 heavy (non-hydrogen) atoms. The number of nitrogens with zero attached hydrogens (tertiary/aromatic N) is 2. The highest BCUT2D eigenvalue weighted by atomic mass is 32.1. The molecule has 0 aliphatic rings. The van der Waals surface area contributed by atoms with E-state index in [-0.39, 0.29) is 11.9 Å². The summed E-state index contributed by atoms with van der Waals surface area (Å²) in [5.74, 6) is 1.17. The predicted octanol–water partition coefficient (Wildman–Crippen LogP) is 1.85. The number of hydrogen-bond acceptors (Lipinski definition) is 4.